The molecule has 0 bridgehead atoms. The summed E-state index contributed by atoms with van der Waals surface area (Å²) in [4.78, 5) is 4.29. The molecule has 31 heavy (non-hydrogen) atoms. The minimum absolute atomic E-state index is 0.302. The standard InChI is InChI=1S/C27H25N3O/c1-19-8-7-11-24(20(19)2)25-14-22(12-13-23(25)15-28)27(26-16-29-18-30(26)3)31-17-21-9-5-4-6-10-21/h4-14,16,18,27H,17H2,1-3H3/t27-/m1/s1. The van der Waals surface area contributed by atoms with Crippen molar-refractivity contribution in [3.8, 4) is 17.2 Å². The Kier molecular flexibility index (Phi) is 5.97. The molecule has 0 N–H and O–H groups in total. The summed E-state index contributed by atoms with van der Waals surface area (Å²) in [5, 5.41) is 9.75. The first-order chi connectivity index (χ1) is 15.1. The first kappa shape index (κ1) is 20.6. The molecule has 4 heteroatoms. The summed E-state index contributed by atoms with van der Waals surface area (Å²) in [6, 6.07) is 24.7. The summed E-state index contributed by atoms with van der Waals surface area (Å²) in [6.07, 6.45) is 3.32. The average Bonchev–Trinajstić information content (AvgIpc) is 3.22. The third kappa shape index (κ3) is 4.28. The van der Waals surface area contributed by atoms with Gasteiger partial charge in [-0.05, 0) is 53.8 Å². The summed E-state index contributed by atoms with van der Waals surface area (Å²) >= 11 is 0. The molecule has 4 rings (SSSR count). The van der Waals surface area contributed by atoms with Gasteiger partial charge >= 0.3 is 0 Å². The highest BCUT2D eigenvalue weighted by atomic mass is 16.5. The molecule has 0 spiro atoms. The molecule has 4 nitrogen and oxygen atoms in total. The SMILES string of the molecule is Cc1cccc(-c2cc([C@@H](OCc3ccccc3)c3cncn3C)ccc2C#N)c1C. The Bertz CT molecular complexity index is 1240. The van der Waals surface area contributed by atoms with Crippen LogP contribution in [-0.2, 0) is 18.4 Å². The molecule has 1 atom stereocenters. The second kappa shape index (κ2) is 8.99. The molecule has 0 fully saturated rings. The van der Waals surface area contributed by atoms with Crippen LogP contribution in [0.4, 0.5) is 0 Å². The van der Waals surface area contributed by atoms with E-state index in [1.165, 1.54) is 11.1 Å². The first-order valence-electron chi connectivity index (χ1n) is 10.3. The molecule has 1 aromatic heterocycles. The van der Waals surface area contributed by atoms with Crippen LogP contribution in [0.15, 0.2) is 79.3 Å². The van der Waals surface area contributed by atoms with E-state index >= 15 is 0 Å². The fourth-order valence-corrected chi connectivity index (χ4v) is 3.81. The lowest BCUT2D eigenvalue weighted by molar-refractivity contribution is 0.0622. The highest BCUT2D eigenvalue weighted by molar-refractivity contribution is 5.75. The normalized spacial score (nSPS) is 11.8. The number of nitriles is 1. The van der Waals surface area contributed by atoms with Crippen LogP contribution in [0.25, 0.3) is 11.1 Å². The van der Waals surface area contributed by atoms with Crippen LogP contribution in [0.5, 0.6) is 0 Å². The number of ether oxygens (including phenoxy) is 1. The molecule has 0 unspecified atom stereocenters. The molecular formula is C27H25N3O. The van der Waals surface area contributed by atoms with Gasteiger partial charge in [0.15, 0.2) is 0 Å². The topological polar surface area (TPSA) is 50.8 Å². The summed E-state index contributed by atoms with van der Waals surface area (Å²) in [5.74, 6) is 0. The minimum atomic E-state index is -0.302. The van der Waals surface area contributed by atoms with Crippen molar-refractivity contribution in [1.29, 1.82) is 5.26 Å². The molecule has 1 heterocycles. The van der Waals surface area contributed by atoms with Crippen LogP contribution in [0.3, 0.4) is 0 Å². The summed E-state index contributed by atoms with van der Waals surface area (Å²) in [6.45, 7) is 4.68. The number of aromatic nitrogens is 2. The van der Waals surface area contributed by atoms with Gasteiger partial charge in [-0.3, -0.25) is 0 Å². The van der Waals surface area contributed by atoms with E-state index in [9.17, 15) is 5.26 Å². The van der Waals surface area contributed by atoms with Gasteiger partial charge in [-0.2, -0.15) is 5.26 Å². The number of rotatable bonds is 6. The maximum Gasteiger partial charge on any atom is 0.124 e. The zero-order chi connectivity index (χ0) is 21.8. The van der Waals surface area contributed by atoms with Gasteiger partial charge in [0.2, 0.25) is 0 Å². The number of hydrogen-bond donors (Lipinski definition) is 0. The summed E-state index contributed by atoms with van der Waals surface area (Å²) in [5.41, 5.74) is 8.11. The Morgan fingerprint density at radius 2 is 1.81 bits per heavy atom. The van der Waals surface area contributed by atoms with Gasteiger partial charge in [0.05, 0.1) is 36.5 Å². The highest BCUT2D eigenvalue weighted by Gasteiger charge is 2.21. The Morgan fingerprint density at radius 1 is 1.00 bits per heavy atom. The maximum atomic E-state index is 9.75. The predicted molar refractivity (Wildman–Crippen MR) is 122 cm³/mol. The van der Waals surface area contributed by atoms with E-state index in [1.54, 1.807) is 6.33 Å². The number of benzene rings is 3. The van der Waals surface area contributed by atoms with E-state index < -0.39 is 0 Å². The van der Waals surface area contributed by atoms with Gasteiger partial charge in [-0.1, -0.05) is 54.6 Å². The van der Waals surface area contributed by atoms with Gasteiger partial charge in [0.25, 0.3) is 0 Å². The Morgan fingerprint density at radius 3 is 2.52 bits per heavy atom. The van der Waals surface area contributed by atoms with E-state index in [4.69, 9.17) is 4.74 Å². The summed E-state index contributed by atoms with van der Waals surface area (Å²) < 4.78 is 8.39. The smallest absolute Gasteiger partial charge is 0.124 e. The molecule has 4 aromatic rings. The molecule has 0 saturated heterocycles. The van der Waals surface area contributed by atoms with Gasteiger partial charge in [0, 0.05) is 12.6 Å². The monoisotopic (exact) mass is 407 g/mol. The number of imidazole rings is 1. The second-order valence-electron chi connectivity index (χ2n) is 7.77. The highest BCUT2D eigenvalue weighted by Crippen LogP contribution is 2.34. The lowest BCUT2D eigenvalue weighted by Gasteiger charge is -2.21. The Hall–Kier alpha value is -3.68. The third-order valence-electron chi connectivity index (χ3n) is 5.74. The Balaban J connectivity index is 1.79. The van der Waals surface area contributed by atoms with Crippen LogP contribution in [0.2, 0.25) is 0 Å². The molecule has 0 amide bonds. The number of aryl methyl sites for hydroxylation is 2. The number of hydrogen-bond acceptors (Lipinski definition) is 3. The van der Waals surface area contributed by atoms with Crippen LogP contribution < -0.4 is 0 Å². The van der Waals surface area contributed by atoms with Crippen molar-refractivity contribution in [3.63, 3.8) is 0 Å². The van der Waals surface area contributed by atoms with Gasteiger partial charge in [-0.25, -0.2) is 4.98 Å². The molecule has 0 radical (unpaired) electrons. The molecule has 3 aromatic carbocycles. The van der Waals surface area contributed by atoms with Gasteiger partial charge in [0.1, 0.15) is 6.10 Å². The Labute approximate surface area is 183 Å². The van der Waals surface area contributed by atoms with Crippen molar-refractivity contribution in [1.82, 2.24) is 9.55 Å². The van der Waals surface area contributed by atoms with Crippen molar-refractivity contribution in [3.05, 3.63) is 113 Å². The fraction of sp³-hybridized carbons (Fsp3) is 0.185. The van der Waals surface area contributed by atoms with E-state index in [2.05, 4.69) is 55.2 Å². The fourth-order valence-electron chi connectivity index (χ4n) is 3.81. The van der Waals surface area contributed by atoms with Crippen molar-refractivity contribution in [2.45, 2.75) is 26.6 Å². The lowest BCUT2D eigenvalue weighted by Crippen LogP contribution is -2.11. The van der Waals surface area contributed by atoms with Crippen molar-refractivity contribution < 1.29 is 4.74 Å². The summed E-state index contributed by atoms with van der Waals surface area (Å²) in [7, 11) is 1.97. The molecule has 0 aliphatic carbocycles. The van der Waals surface area contributed by atoms with Crippen molar-refractivity contribution in [2.24, 2.45) is 7.05 Å². The molecule has 0 aliphatic heterocycles. The molecule has 0 aliphatic rings. The van der Waals surface area contributed by atoms with Crippen molar-refractivity contribution >= 4 is 0 Å². The van der Waals surface area contributed by atoms with Crippen LogP contribution in [0, 0.1) is 25.2 Å². The van der Waals surface area contributed by atoms with Crippen molar-refractivity contribution in [2.75, 3.05) is 0 Å². The van der Waals surface area contributed by atoms with Crippen LogP contribution in [0.1, 0.15) is 39.6 Å². The van der Waals surface area contributed by atoms with Gasteiger partial charge < -0.3 is 9.30 Å². The predicted octanol–water partition coefficient (Wildman–Crippen LogP) is 5.88. The van der Waals surface area contributed by atoms with Gasteiger partial charge in [-0.15, -0.1) is 0 Å². The van der Waals surface area contributed by atoms with E-state index in [0.717, 1.165) is 27.9 Å². The molecular weight excluding hydrogens is 382 g/mol. The van der Waals surface area contributed by atoms with Crippen LogP contribution in [-0.4, -0.2) is 9.55 Å². The molecule has 154 valence electrons. The minimum Gasteiger partial charge on any atom is -0.363 e. The largest absolute Gasteiger partial charge is 0.363 e. The quantitative estimate of drug-likeness (QED) is 0.401. The van der Waals surface area contributed by atoms with E-state index in [-0.39, 0.29) is 6.10 Å². The zero-order valence-electron chi connectivity index (χ0n) is 18.0. The lowest BCUT2D eigenvalue weighted by atomic mass is 9.91. The van der Waals surface area contributed by atoms with E-state index in [1.807, 2.05) is 54.2 Å². The maximum absolute atomic E-state index is 9.75. The second-order valence-corrected chi connectivity index (χ2v) is 7.77. The zero-order valence-corrected chi connectivity index (χ0v) is 18.0. The number of nitrogens with zero attached hydrogens (tertiary/aromatic N) is 3. The third-order valence-corrected chi connectivity index (χ3v) is 5.74. The molecule has 0 saturated carbocycles. The van der Waals surface area contributed by atoms with Crippen LogP contribution >= 0.6 is 0 Å². The first-order valence-corrected chi connectivity index (χ1v) is 10.3. The average molecular weight is 408 g/mol. The van der Waals surface area contributed by atoms with E-state index in [0.29, 0.717) is 12.2 Å².